The van der Waals surface area contributed by atoms with Crippen molar-refractivity contribution in [2.45, 2.75) is 21.6 Å². The number of rotatable bonds is 7. The topological polar surface area (TPSA) is 126 Å². The molecule has 0 fully saturated rings. The zero-order chi connectivity index (χ0) is 26.9. The monoisotopic (exact) mass is 565 g/mol. The van der Waals surface area contributed by atoms with E-state index in [-0.39, 0.29) is 16.3 Å². The molecule has 1 heterocycles. The molecule has 9 nitrogen and oxygen atoms in total. The molecular formula is C26H20ClN5O4S2. The van der Waals surface area contributed by atoms with E-state index in [4.69, 9.17) is 11.6 Å². The summed E-state index contributed by atoms with van der Waals surface area (Å²) < 4.78 is 28.0. The first kappa shape index (κ1) is 25.6. The van der Waals surface area contributed by atoms with Crippen LogP contribution in [0.1, 0.15) is 12.5 Å². The minimum atomic E-state index is -4.07. The number of hydrazone groups is 1. The predicted molar refractivity (Wildman–Crippen MR) is 151 cm³/mol. The summed E-state index contributed by atoms with van der Waals surface area (Å²) in [5.41, 5.74) is 5.99. The second kappa shape index (κ2) is 10.4. The molecule has 38 heavy (non-hydrogen) atoms. The number of nitro groups is 1. The van der Waals surface area contributed by atoms with E-state index in [9.17, 15) is 18.5 Å². The number of nitrogens with zero attached hydrogens (tertiary/aromatic N) is 2. The zero-order valence-corrected chi connectivity index (χ0v) is 22.2. The second-order valence-electron chi connectivity index (χ2n) is 8.29. The Labute approximate surface area is 228 Å². The van der Waals surface area contributed by atoms with E-state index in [1.165, 1.54) is 36.4 Å². The Hall–Kier alpha value is -4.06. The number of nitro benzene ring substituents is 1. The number of nitrogens with one attached hydrogen (secondary N) is 3. The van der Waals surface area contributed by atoms with Gasteiger partial charge in [-0.3, -0.25) is 20.3 Å². The zero-order valence-electron chi connectivity index (χ0n) is 19.8. The van der Waals surface area contributed by atoms with Gasteiger partial charge in [0, 0.05) is 26.6 Å². The first-order valence-electron chi connectivity index (χ1n) is 11.2. The van der Waals surface area contributed by atoms with Gasteiger partial charge in [0.25, 0.3) is 15.7 Å². The van der Waals surface area contributed by atoms with E-state index in [0.29, 0.717) is 10.7 Å². The van der Waals surface area contributed by atoms with Crippen LogP contribution in [0.15, 0.2) is 105 Å². The predicted octanol–water partition coefficient (Wildman–Crippen LogP) is 7.09. The van der Waals surface area contributed by atoms with Gasteiger partial charge in [0.05, 0.1) is 26.9 Å². The summed E-state index contributed by atoms with van der Waals surface area (Å²) in [5.74, 6) is 0. The Morgan fingerprint density at radius 1 is 0.974 bits per heavy atom. The molecule has 0 saturated heterocycles. The first-order chi connectivity index (χ1) is 18.2. The summed E-state index contributed by atoms with van der Waals surface area (Å²) in [7, 11) is -4.07. The molecule has 1 aliphatic heterocycles. The van der Waals surface area contributed by atoms with Crippen LogP contribution in [0.5, 0.6) is 0 Å². The van der Waals surface area contributed by atoms with Gasteiger partial charge in [-0.2, -0.15) is 5.10 Å². The van der Waals surface area contributed by atoms with Gasteiger partial charge in [0.2, 0.25) is 0 Å². The van der Waals surface area contributed by atoms with Crippen molar-refractivity contribution in [2.24, 2.45) is 5.10 Å². The Bertz CT molecular complexity index is 1690. The number of hydrogen-bond donors (Lipinski definition) is 3. The Morgan fingerprint density at radius 3 is 2.47 bits per heavy atom. The van der Waals surface area contributed by atoms with Gasteiger partial charge in [0.1, 0.15) is 5.69 Å². The number of halogens is 1. The summed E-state index contributed by atoms with van der Waals surface area (Å²) in [6.07, 6.45) is 0. The van der Waals surface area contributed by atoms with Crippen LogP contribution in [0.3, 0.4) is 0 Å². The lowest BCUT2D eigenvalue weighted by Gasteiger charge is -2.21. The lowest BCUT2D eigenvalue weighted by molar-refractivity contribution is -0.384. The highest BCUT2D eigenvalue weighted by Gasteiger charge is 2.22. The van der Waals surface area contributed by atoms with Crippen molar-refractivity contribution in [3.8, 4) is 0 Å². The molecule has 0 spiro atoms. The van der Waals surface area contributed by atoms with Gasteiger partial charge in [-0.1, -0.05) is 41.6 Å². The fraction of sp³-hybridized carbons (Fsp3) is 0.0385. The smallest absolute Gasteiger partial charge is 0.295 e. The maximum Gasteiger partial charge on any atom is 0.295 e. The van der Waals surface area contributed by atoms with Crippen molar-refractivity contribution in [1.82, 2.24) is 0 Å². The van der Waals surface area contributed by atoms with Crippen molar-refractivity contribution in [1.29, 1.82) is 0 Å². The van der Waals surface area contributed by atoms with Gasteiger partial charge in [-0.25, -0.2) is 8.42 Å². The molecule has 5 rings (SSSR count). The number of benzene rings is 4. The van der Waals surface area contributed by atoms with Gasteiger partial charge in [-0.15, -0.1) is 0 Å². The van der Waals surface area contributed by atoms with Crippen LogP contribution in [-0.4, -0.2) is 19.1 Å². The fourth-order valence-electron chi connectivity index (χ4n) is 3.73. The summed E-state index contributed by atoms with van der Waals surface area (Å²) in [6.45, 7) is 1.78. The number of fused-ring (bicyclic) bond motifs is 2. The van der Waals surface area contributed by atoms with Crippen LogP contribution in [0.2, 0.25) is 5.02 Å². The van der Waals surface area contributed by atoms with Crippen molar-refractivity contribution in [2.75, 3.05) is 15.5 Å². The largest absolute Gasteiger partial charge is 0.354 e. The van der Waals surface area contributed by atoms with Crippen LogP contribution in [0.4, 0.5) is 28.4 Å². The maximum atomic E-state index is 12.8. The maximum absolute atomic E-state index is 12.8. The average Bonchev–Trinajstić information content (AvgIpc) is 2.91. The van der Waals surface area contributed by atoms with Crippen LogP contribution < -0.4 is 15.5 Å². The fourth-order valence-corrected chi connectivity index (χ4v) is 5.90. The molecule has 0 atom stereocenters. The number of hydrogen-bond acceptors (Lipinski definition) is 8. The highest BCUT2D eigenvalue weighted by atomic mass is 35.5. The van der Waals surface area contributed by atoms with E-state index >= 15 is 0 Å². The highest BCUT2D eigenvalue weighted by molar-refractivity contribution is 7.99. The molecule has 0 radical (unpaired) electrons. The molecule has 4 aromatic rings. The molecule has 0 amide bonds. The Balaban J connectivity index is 1.36. The van der Waals surface area contributed by atoms with E-state index in [2.05, 4.69) is 26.6 Å². The van der Waals surface area contributed by atoms with E-state index in [0.717, 1.165) is 32.8 Å². The third-order valence-corrected chi connectivity index (χ3v) is 8.47. The second-order valence-corrected chi connectivity index (χ2v) is 11.5. The van der Waals surface area contributed by atoms with E-state index in [1.54, 1.807) is 18.7 Å². The molecule has 0 bridgehead atoms. The third kappa shape index (κ3) is 5.44. The summed E-state index contributed by atoms with van der Waals surface area (Å²) in [4.78, 5) is 13.0. The van der Waals surface area contributed by atoms with E-state index in [1.807, 2.05) is 36.4 Å². The summed E-state index contributed by atoms with van der Waals surface area (Å²) in [5, 5.41) is 19.9. The van der Waals surface area contributed by atoms with Crippen molar-refractivity contribution >= 4 is 67.5 Å². The Morgan fingerprint density at radius 2 is 1.71 bits per heavy atom. The molecule has 1 aliphatic rings. The lowest BCUT2D eigenvalue weighted by atomic mass is 10.1. The first-order valence-corrected chi connectivity index (χ1v) is 13.9. The molecule has 0 unspecified atom stereocenters. The van der Waals surface area contributed by atoms with Gasteiger partial charge < -0.3 is 5.32 Å². The minimum Gasteiger partial charge on any atom is -0.354 e. The Kier molecular flexibility index (Phi) is 6.98. The normalized spacial score (nSPS) is 12.6. The highest BCUT2D eigenvalue weighted by Crippen LogP contribution is 2.44. The van der Waals surface area contributed by atoms with Crippen LogP contribution >= 0.6 is 23.4 Å². The van der Waals surface area contributed by atoms with Gasteiger partial charge >= 0.3 is 0 Å². The molecule has 4 aromatic carbocycles. The minimum absolute atomic E-state index is 0.0559. The molecule has 0 aliphatic carbocycles. The van der Waals surface area contributed by atoms with E-state index < -0.39 is 20.6 Å². The molecule has 3 N–H and O–H groups in total. The summed E-state index contributed by atoms with van der Waals surface area (Å²) in [6, 6.07) is 23.5. The standard InChI is InChI=1S/C26H20ClN5O4S2/c1-16(17-6-13-26-23(14-17)28-22-4-2-3-5-25(22)37-26)29-30-21-12-11-20(15-24(21)32(33)34)38(35,36)31-19-9-7-18(27)8-10-19/h2-15,28,30-31H,1H3/b29-16+. The molecule has 192 valence electrons. The van der Waals surface area contributed by atoms with Crippen molar-refractivity contribution in [3.05, 3.63) is 106 Å². The van der Waals surface area contributed by atoms with Crippen LogP contribution in [0, 0.1) is 10.1 Å². The van der Waals surface area contributed by atoms with Gasteiger partial charge in [0.15, 0.2) is 0 Å². The number of anilines is 4. The van der Waals surface area contributed by atoms with Crippen LogP contribution in [0.25, 0.3) is 0 Å². The quantitative estimate of drug-likeness (QED) is 0.109. The lowest BCUT2D eigenvalue weighted by Crippen LogP contribution is -2.13. The van der Waals surface area contributed by atoms with Crippen molar-refractivity contribution in [3.63, 3.8) is 0 Å². The summed E-state index contributed by atoms with van der Waals surface area (Å²) >= 11 is 7.51. The molecule has 0 aromatic heterocycles. The SMILES string of the molecule is C/C(=N\Nc1ccc(S(=O)(=O)Nc2ccc(Cl)cc2)cc1[N+](=O)[O-])c1ccc2c(c1)Nc1ccccc1S2. The van der Waals surface area contributed by atoms with Crippen molar-refractivity contribution < 1.29 is 13.3 Å². The number of para-hydroxylation sites is 1. The third-order valence-electron chi connectivity index (χ3n) is 5.69. The van der Waals surface area contributed by atoms with Gasteiger partial charge in [-0.05, 0) is 73.2 Å². The molecule has 12 heteroatoms. The number of sulfonamides is 1. The average molecular weight is 566 g/mol. The molecular weight excluding hydrogens is 546 g/mol. The van der Waals surface area contributed by atoms with Crippen LogP contribution in [-0.2, 0) is 10.0 Å². The molecule has 0 saturated carbocycles.